The lowest BCUT2D eigenvalue weighted by Crippen LogP contribution is -2.32. The molecular weight excluding hydrogens is 360 g/mol. The van der Waals surface area contributed by atoms with Crippen molar-refractivity contribution >= 4 is 37.3 Å². The van der Waals surface area contributed by atoms with Crippen LogP contribution in [0.15, 0.2) is 44.5 Å². The SMILES string of the molecule is CCN(CCc1ccccn1)S(=O)(=O)c1ccc(Br)s1. The van der Waals surface area contributed by atoms with Gasteiger partial charge in [0.1, 0.15) is 4.21 Å². The fraction of sp³-hybridized carbons (Fsp3) is 0.308. The molecule has 0 atom stereocenters. The van der Waals surface area contributed by atoms with E-state index in [0.717, 1.165) is 9.48 Å². The van der Waals surface area contributed by atoms with Gasteiger partial charge in [0.05, 0.1) is 3.79 Å². The summed E-state index contributed by atoms with van der Waals surface area (Å²) >= 11 is 4.53. The van der Waals surface area contributed by atoms with E-state index in [9.17, 15) is 8.42 Å². The number of aromatic nitrogens is 1. The molecule has 2 heterocycles. The summed E-state index contributed by atoms with van der Waals surface area (Å²) in [4.78, 5) is 4.22. The van der Waals surface area contributed by atoms with Crippen molar-refractivity contribution in [2.75, 3.05) is 13.1 Å². The minimum atomic E-state index is -3.41. The zero-order chi connectivity index (χ0) is 14.6. The topological polar surface area (TPSA) is 50.3 Å². The van der Waals surface area contributed by atoms with Crippen LogP contribution in [0.5, 0.6) is 0 Å². The normalized spacial score (nSPS) is 11.9. The van der Waals surface area contributed by atoms with E-state index in [1.165, 1.54) is 15.6 Å². The van der Waals surface area contributed by atoms with E-state index in [0.29, 0.717) is 23.7 Å². The van der Waals surface area contributed by atoms with Crippen LogP contribution < -0.4 is 0 Å². The van der Waals surface area contributed by atoms with Crippen molar-refractivity contribution in [3.05, 3.63) is 46.0 Å². The summed E-state index contributed by atoms with van der Waals surface area (Å²) in [5.74, 6) is 0. The smallest absolute Gasteiger partial charge is 0.252 e. The molecule has 0 radical (unpaired) electrons. The predicted octanol–water partition coefficient (Wildman–Crippen LogP) is 3.16. The molecule has 0 aliphatic heterocycles. The quantitative estimate of drug-likeness (QED) is 0.779. The van der Waals surface area contributed by atoms with E-state index in [1.807, 2.05) is 25.1 Å². The molecule has 0 bridgehead atoms. The molecule has 0 aromatic carbocycles. The molecule has 0 unspecified atom stereocenters. The minimum absolute atomic E-state index is 0.368. The summed E-state index contributed by atoms with van der Waals surface area (Å²) in [5, 5.41) is 0. The standard InChI is InChI=1S/C13H15BrN2O2S2/c1-2-16(10-8-11-5-3-4-9-15-11)20(17,18)13-7-6-12(14)19-13/h3-7,9H,2,8,10H2,1H3. The molecule has 0 spiro atoms. The van der Waals surface area contributed by atoms with Gasteiger partial charge in [0.15, 0.2) is 0 Å². The van der Waals surface area contributed by atoms with Crippen LogP contribution in [0.4, 0.5) is 0 Å². The van der Waals surface area contributed by atoms with Gasteiger partial charge in [-0.1, -0.05) is 13.0 Å². The molecule has 0 saturated carbocycles. The maximum absolute atomic E-state index is 12.5. The zero-order valence-corrected chi connectivity index (χ0v) is 14.2. The molecular formula is C13H15BrN2O2S2. The van der Waals surface area contributed by atoms with Gasteiger partial charge in [-0.25, -0.2) is 8.42 Å². The number of rotatable bonds is 6. The van der Waals surface area contributed by atoms with Gasteiger partial charge in [-0.3, -0.25) is 4.98 Å². The fourth-order valence-corrected chi connectivity index (χ4v) is 5.41. The summed E-state index contributed by atoms with van der Waals surface area (Å²) in [6.45, 7) is 2.73. The largest absolute Gasteiger partial charge is 0.261 e. The average molecular weight is 375 g/mol. The van der Waals surface area contributed by atoms with E-state index in [2.05, 4.69) is 20.9 Å². The molecule has 0 amide bonds. The lowest BCUT2D eigenvalue weighted by molar-refractivity contribution is 0.431. The summed E-state index contributed by atoms with van der Waals surface area (Å²) in [6, 6.07) is 9.05. The maximum atomic E-state index is 12.5. The highest BCUT2D eigenvalue weighted by molar-refractivity contribution is 9.11. The number of pyridine rings is 1. The molecule has 2 aromatic rings. The first kappa shape index (κ1) is 15.6. The molecule has 7 heteroatoms. The highest BCUT2D eigenvalue weighted by Gasteiger charge is 2.24. The fourth-order valence-electron chi connectivity index (χ4n) is 1.80. The Morgan fingerprint density at radius 1 is 1.30 bits per heavy atom. The second kappa shape index (κ2) is 6.80. The zero-order valence-electron chi connectivity index (χ0n) is 11.0. The van der Waals surface area contributed by atoms with Crippen molar-refractivity contribution in [1.29, 1.82) is 0 Å². The van der Waals surface area contributed by atoms with Crippen LogP contribution in [-0.2, 0) is 16.4 Å². The summed E-state index contributed by atoms with van der Waals surface area (Å²) in [6.07, 6.45) is 2.33. The molecule has 2 rings (SSSR count). The summed E-state index contributed by atoms with van der Waals surface area (Å²) in [5.41, 5.74) is 0.897. The molecule has 0 saturated heterocycles. The first-order chi connectivity index (χ1) is 9.54. The van der Waals surface area contributed by atoms with Crippen LogP contribution in [0.25, 0.3) is 0 Å². The van der Waals surface area contributed by atoms with Gasteiger partial charge in [-0.15, -0.1) is 11.3 Å². The molecule has 4 nitrogen and oxygen atoms in total. The van der Waals surface area contributed by atoms with Gasteiger partial charge in [0.2, 0.25) is 0 Å². The third kappa shape index (κ3) is 3.66. The maximum Gasteiger partial charge on any atom is 0.252 e. The first-order valence-electron chi connectivity index (χ1n) is 6.19. The Morgan fingerprint density at radius 3 is 2.65 bits per heavy atom. The van der Waals surface area contributed by atoms with Gasteiger partial charge in [-0.2, -0.15) is 4.31 Å². The first-order valence-corrected chi connectivity index (χ1v) is 9.24. The minimum Gasteiger partial charge on any atom is -0.261 e. The molecule has 0 aliphatic rings. The lowest BCUT2D eigenvalue weighted by Gasteiger charge is -2.19. The lowest BCUT2D eigenvalue weighted by atomic mass is 10.3. The van der Waals surface area contributed by atoms with Crippen LogP contribution >= 0.6 is 27.3 Å². The van der Waals surface area contributed by atoms with Gasteiger partial charge in [0, 0.05) is 31.4 Å². The number of likely N-dealkylation sites (N-methyl/N-ethyl adjacent to an activating group) is 1. The highest BCUT2D eigenvalue weighted by Crippen LogP contribution is 2.28. The van der Waals surface area contributed by atoms with Crippen molar-refractivity contribution in [3.63, 3.8) is 0 Å². The Bertz CT molecular complexity index is 656. The van der Waals surface area contributed by atoms with Gasteiger partial charge >= 0.3 is 0 Å². The highest BCUT2D eigenvalue weighted by atomic mass is 79.9. The monoisotopic (exact) mass is 374 g/mol. The van der Waals surface area contributed by atoms with E-state index >= 15 is 0 Å². The Labute approximate surface area is 131 Å². The number of nitrogens with zero attached hydrogens (tertiary/aromatic N) is 2. The van der Waals surface area contributed by atoms with E-state index in [4.69, 9.17) is 0 Å². The van der Waals surface area contributed by atoms with Gasteiger partial charge < -0.3 is 0 Å². The Morgan fingerprint density at radius 2 is 2.10 bits per heavy atom. The summed E-state index contributed by atoms with van der Waals surface area (Å²) < 4.78 is 27.7. The second-order valence-electron chi connectivity index (χ2n) is 4.13. The van der Waals surface area contributed by atoms with Crippen LogP contribution in [-0.4, -0.2) is 30.8 Å². The van der Waals surface area contributed by atoms with Crippen molar-refractivity contribution in [2.24, 2.45) is 0 Å². The second-order valence-corrected chi connectivity index (χ2v) is 8.75. The third-order valence-corrected chi connectivity index (χ3v) is 6.90. The van der Waals surface area contributed by atoms with Crippen molar-refractivity contribution in [1.82, 2.24) is 9.29 Å². The van der Waals surface area contributed by atoms with Crippen LogP contribution in [0.2, 0.25) is 0 Å². The number of halogens is 1. The Hall–Kier alpha value is -0.760. The average Bonchev–Trinajstić information content (AvgIpc) is 2.88. The molecule has 20 heavy (non-hydrogen) atoms. The molecule has 0 aliphatic carbocycles. The van der Waals surface area contributed by atoms with Gasteiger partial charge in [0.25, 0.3) is 10.0 Å². The molecule has 2 aromatic heterocycles. The summed E-state index contributed by atoms with van der Waals surface area (Å²) in [7, 11) is -3.41. The van der Waals surface area contributed by atoms with Crippen molar-refractivity contribution < 1.29 is 8.42 Å². The number of sulfonamides is 1. The van der Waals surface area contributed by atoms with Crippen LogP contribution in [0, 0.1) is 0 Å². The number of thiophene rings is 1. The van der Waals surface area contributed by atoms with Crippen molar-refractivity contribution in [3.8, 4) is 0 Å². The van der Waals surface area contributed by atoms with Crippen LogP contribution in [0.3, 0.4) is 0 Å². The van der Waals surface area contributed by atoms with E-state index in [-0.39, 0.29) is 0 Å². The number of hydrogen-bond donors (Lipinski definition) is 0. The van der Waals surface area contributed by atoms with E-state index in [1.54, 1.807) is 18.3 Å². The van der Waals surface area contributed by atoms with Crippen molar-refractivity contribution in [2.45, 2.75) is 17.6 Å². The molecule has 108 valence electrons. The van der Waals surface area contributed by atoms with Crippen LogP contribution in [0.1, 0.15) is 12.6 Å². The molecule has 0 fully saturated rings. The molecule has 0 N–H and O–H groups in total. The predicted molar refractivity (Wildman–Crippen MR) is 84.4 cm³/mol. The third-order valence-electron chi connectivity index (χ3n) is 2.84. The van der Waals surface area contributed by atoms with Gasteiger partial charge in [-0.05, 0) is 40.2 Å². The number of hydrogen-bond acceptors (Lipinski definition) is 4. The Kier molecular flexibility index (Phi) is 5.31. The van der Waals surface area contributed by atoms with E-state index < -0.39 is 10.0 Å². The Balaban J connectivity index is 2.12.